The third-order valence-corrected chi connectivity index (χ3v) is 14.8. The molecule has 1 aliphatic heterocycles. The third-order valence-electron chi connectivity index (χ3n) is 13.5. The van der Waals surface area contributed by atoms with E-state index in [-0.39, 0.29) is 81.1 Å². The summed E-state index contributed by atoms with van der Waals surface area (Å²) >= 11 is 21.1. The second kappa shape index (κ2) is 33.9. The predicted molar refractivity (Wildman–Crippen MR) is 387 cm³/mol. The number of hydrogen-bond donors (Lipinski definition) is 2. The molecule has 2 N–H and O–H groups in total. The van der Waals surface area contributed by atoms with Crippen molar-refractivity contribution in [2.24, 2.45) is 0 Å². The first-order valence-electron chi connectivity index (χ1n) is 26.2. The van der Waals surface area contributed by atoms with Crippen LogP contribution in [0.4, 0.5) is 4.79 Å². The number of aromatic nitrogens is 15. The Kier molecular flexibility index (Phi) is 29.3. The maximum atomic E-state index is 12.7. The van der Waals surface area contributed by atoms with Crippen molar-refractivity contribution in [3.63, 3.8) is 0 Å². The van der Waals surface area contributed by atoms with Crippen molar-refractivity contribution in [3.8, 4) is 39.3 Å². The van der Waals surface area contributed by atoms with Gasteiger partial charge < -0.3 is 14.0 Å². The van der Waals surface area contributed by atoms with E-state index >= 15 is 0 Å². The number of fused-ring (bicyclic) bond motifs is 3. The minimum atomic E-state index is -0.562. The van der Waals surface area contributed by atoms with Crippen molar-refractivity contribution in [3.05, 3.63) is 216 Å². The van der Waals surface area contributed by atoms with Gasteiger partial charge in [-0.2, -0.15) is 20.0 Å². The molecule has 94 heavy (non-hydrogen) atoms. The van der Waals surface area contributed by atoms with E-state index < -0.39 is 30.0 Å². The predicted octanol–water partition coefficient (Wildman–Crippen LogP) is 15.7. The minimum Gasteiger partial charge on any atom is -0.442 e. The van der Waals surface area contributed by atoms with Crippen molar-refractivity contribution in [1.29, 1.82) is 0 Å². The molecule has 1 fully saturated rings. The zero-order valence-corrected chi connectivity index (χ0v) is 51.9. The fourth-order valence-corrected chi connectivity index (χ4v) is 9.44. The average Bonchev–Trinajstić information content (AvgIpc) is 0.797. The maximum absolute atomic E-state index is 12.7. The Balaban J connectivity index is 0.000000416. The number of benzene rings is 3. The Bertz CT molecular complexity index is 4420. The van der Waals surface area contributed by atoms with Crippen LogP contribution in [0.5, 0.6) is 0 Å². The van der Waals surface area contributed by atoms with Crippen LogP contribution in [-0.4, -0.2) is 104 Å². The largest absolute Gasteiger partial charge is 0.498 e. The second-order valence-electron chi connectivity index (χ2n) is 21.0. The fraction of sp³-hybridized carbons (Fsp3) is 0.258. The van der Waals surface area contributed by atoms with Crippen LogP contribution in [0.3, 0.4) is 0 Å². The lowest BCUT2D eigenvalue weighted by molar-refractivity contribution is 0.00578. The van der Waals surface area contributed by atoms with Crippen molar-refractivity contribution in [1.82, 2.24) is 73.8 Å². The smallest absolute Gasteiger partial charge is 0.442 e. The monoisotopic (exact) mass is 1420 g/mol. The van der Waals surface area contributed by atoms with Crippen molar-refractivity contribution in [2.45, 2.75) is 117 Å². The highest BCUT2D eigenvalue weighted by Crippen LogP contribution is 2.36. The van der Waals surface area contributed by atoms with E-state index in [2.05, 4.69) is 71.3 Å². The van der Waals surface area contributed by atoms with E-state index in [0.29, 0.717) is 69.5 Å². The van der Waals surface area contributed by atoms with Gasteiger partial charge in [0, 0.05) is 140 Å². The number of nitrogens with zero attached hydrogens (tertiary/aromatic N) is 13. The van der Waals surface area contributed by atoms with Crippen LogP contribution < -0.4 is 22.1 Å². The summed E-state index contributed by atoms with van der Waals surface area (Å²) in [4.78, 5) is 75.1. The molecule has 12 aromatic rings. The van der Waals surface area contributed by atoms with Gasteiger partial charge in [0.15, 0.2) is 16.6 Å². The number of H-pyrrole nitrogens is 2. The molecule has 9 aromatic heterocycles. The molecular formula is C66H79BBrCl4N15O7. The van der Waals surface area contributed by atoms with Gasteiger partial charge in [0.05, 0.1) is 28.1 Å². The summed E-state index contributed by atoms with van der Waals surface area (Å²) in [6.45, 7) is 13.3. The third kappa shape index (κ3) is 17.9. The molecular weight excluding hydrogens is 1350 g/mol. The van der Waals surface area contributed by atoms with Gasteiger partial charge in [-0.15, -0.1) is 12.4 Å². The Morgan fingerprint density at radius 1 is 0.511 bits per heavy atom. The minimum absolute atomic E-state index is 0. The number of aromatic amines is 2. The summed E-state index contributed by atoms with van der Waals surface area (Å²) in [5.41, 5.74) is 6.53. The van der Waals surface area contributed by atoms with Gasteiger partial charge >= 0.3 is 13.2 Å². The molecule has 1 aliphatic rings. The molecule has 3 aromatic carbocycles. The quantitative estimate of drug-likeness (QED) is 0.147. The molecule has 22 nitrogen and oxygen atoms in total. The highest BCUT2D eigenvalue weighted by atomic mass is 79.9. The number of pyridine rings is 3. The Labute approximate surface area is 576 Å². The average molecular weight is 1430 g/mol. The standard InChI is InChI=1S/2C16H10ClN5O.C14H23BN2O4.C13H7BrClN3O.7CH4.ClH/c2*17-11-1-3-12(4-2-11)22-9-13(10-7-20-21-8-10)14-15(16(22)23)19-6-5-18-14;1-12(2,3)19-11(18)17-9-10(8-16-17)15-20-13(4,5)14(6,7)21-15;14-10-7-18(9-3-1-8(15)2-4-9)13(19)12-11(10)16-5-6-17-12;;;;;;;;/h2*1-9H,(H,20,21);8-9H,1-7H3;1-7H;7*1H4;1H. The van der Waals surface area contributed by atoms with E-state index in [1.807, 2.05) is 48.5 Å². The van der Waals surface area contributed by atoms with Crippen LogP contribution in [0.25, 0.3) is 72.4 Å². The number of ether oxygens (including phenoxy) is 1. The molecule has 0 spiro atoms. The molecule has 13 rings (SSSR count). The molecule has 0 atom stereocenters. The lowest BCUT2D eigenvalue weighted by atomic mass is 9.82. The van der Waals surface area contributed by atoms with Crippen LogP contribution in [0.2, 0.25) is 15.1 Å². The van der Waals surface area contributed by atoms with Crippen molar-refractivity contribution < 1.29 is 18.8 Å². The van der Waals surface area contributed by atoms with Gasteiger partial charge in [0.1, 0.15) is 22.2 Å². The lowest BCUT2D eigenvalue weighted by Gasteiger charge is -2.32. The first-order chi connectivity index (χ1) is 41.1. The molecule has 0 saturated carbocycles. The molecule has 0 amide bonds. The molecule has 1 saturated heterocycles. The van der Waals surface area contributed by atoms with Crippen molar-refractivity contribution >= 4 is 115 Å². The molecule has 28 heteroatoms. The highest BCUT2D eigenvalue weighted by Gasteiger charge is 2.52. The molecule has 0 aliphatic carbocycles. The number of halogens is 5. The van der Waals surface area contributed by atoms with Gasteiger partial charge in [-0.25, -0.2) is 19.7 Å². The second-order valence-corrected chi connectivity index (χ2v) is 23.2. The summed E-state index contributed by atoms with van der Waals surface area (Å²) in [5.74, 6) is 0. The van der Waals surface area contributed by atoms with Gasteiger partial charge in [0.2, 0.25) is 0 Å². The van der Waals surface area contributed by atoms with Gasteiger partial charge in [-0.1, -0.05) is 86.8 Å². The van der Waals surface area contributed by atoms with E-state index in [1.54, 1.807) is 147 Å². The Morgan fingerprint density at radius 2 is 0.840 bits per heavy atom. The highest BCUT2D eigenvalue weighted by molar-refractivity contribution is 9.10. The van der Waals surface area contributed by atoms with Gasteiger partial charge in [-0.05, 0) is 137 Å². The SMILES string of the molecule is C.C.C.C.C.C.C.CC(C)(C)OC(=O)n1cc(B2OC(C)(C)C(C)(C)O2)cn1.Cl.O=c1c2nccnc2c(-c2cn[nH]c2)cn1-c1ccc(Cl)cc1.O=c1c2nccnc2c(-c2cn[nH]c2)cn1-c1ccc(Cl)cc1.O=c1c2nccnc2c(Br)cn1-c1ccc(Cl)cc1. The van der Waals surface area contributed by atoms with E-state index in [1.165, 1.54) is 32.3 Å². The Morgan fingerprint density at radius 3 is 1.18 bits per heavy atom. The lowest BCUT2D eigenvalue weighted by Crippen LogP contribution is -2.41. The van der Waals surface area contributed by atoms with Gasteiger partial charge in [0.25, 0.3) is 16.7 Å². The summed E-state index contributed by atoms with van der Waals surface area (Å²) in [6.07, 6.45) is 23.9. The van der Waals surface area contributed by atoms with Crippen molar-refractivity contribution in [2.75, 3.05) is 0 Å². The first-order valence-corrected chi connectivity index (χ1v) is 28.1. The van der Waals surface area contributed by atoms with Crippen LogP contribution in [-0.2, 0) is 14.0 Å². The summed E-state index contributed by atoms with van der Waals surface area (Å²) < 4.78 is 23.6. The normalized spacial score (nSPS) is 12.2. The fourth-order valence-electron chi connectivity index (χ4n) is 8.57. The number of hydrogen-bond acceptors (Lipinski definition) is 16. The summed E-state index contributed by atoms with van der Waals surface area (Å²) in [5, 5.41) is 19.3. The maximum Gasteiger partial charge on any atom is 0.498 e. The van der Waals surface area contributed by atoms with Crippen LogP contribution >= 0.6 is 63.1 Å². The van der Waals surface area contributed by atoms with Gasteiger partial charge in [-0.3, -0.25) is 53.2 Å². The molecule has 0 bridgehead atoms. The zero-order valence-electron chi connectivity index (χ0n) is 47.3. The molecule has 10 heterocycles. The van der Waals surface area contributed by atoms with E-state index in [4.69, 9.17) is 48.8 Å². The summed E-state index contributed by atoms with van der Waals surface area (Å²) in [7, 11) is -0.536. The molecule has 0 unspecified atom stereocenters. The zero-order chi connectivity index (χ0) is 61.1. The van der Waals surface area contributed by atoms with E-state index in [0.717, 1.165) is 32.6 Å². The van der Waals surface area contributed by atoms with Crippen LogP contribution in [0, 0.1) is 0 Å². The number of carbonyl (C=O) groups excluding carboxylic acids is 1. The number of nitrogens with one attached hydrogen (secondary N) is 2. The van der Waals surface area contributed by atoms with Crippen LogP contribution in [0.15, 0.2) is 185 Å². The topological polar surface area (TPSA) is 263 Å². The number of carbonyl (C=O) groups is 1. The molecule has 0 radical (unpaired) electrons. The molecule has 498 valence electrons. The Hall–Kier alpha value is -8.75. The number of rotatable bonds is 6. The van der Waals surface area contributed by atoms with E-state index in [9.17, 15) is 19.2 Å². The van der Waals surface area contributed by atoms with Crippen LogP contribution in [0.1, 0.15) is 100 Å². The first kappa shape index (κ1) is 81.3. The summed E-state index contributed by atoms with van der Waals surface area (Å²) in [6, 6.07) is 21.1.